The molecule has 1 N–H and O–H groups in total. The van der Waals surface area contributed by atoms with Gasteiger partial charge < -0.3 is 19.5 Å². The van der Waals surface area contributed by atoms with Crippen LogP contribution < -0.4 is 5.32 Å². The molecule has 1 aliphatic rings. The number of nitrogens with one attached hydrogen (secondary N) is 1. The number of carbonyl (C=O) groups is 2. The second-order valence-electron chi connectivity index (χ2n) is 8.95. The summed E-state index contributed by atoms with van der Waals surface area (Å²) in [7, 11) is 3.14. The third-order valence-corrected chi connectivity index (χ3v) is 5.43. The normalized spacial score (nSPS) is 20.9. The molecule has 1 aromatic rings. The number of halogens is 1. The van der Waals surface area contributed by atoms with Crippen molar-refractivity contribution in [2.45, 2.75) is 64.4 Å². The van der Waals surface area contributed by atoms with Crippen LogP contribution >= 0.6 is 0 Å². The lowest BCUT2D eigenvalue weighted by atomic mass is 9.94. The van der Waals surface area contributed by atoms with E-state index in [2.05, 4.69) is 5.32 Å². The molecule has 2 amide bonds. The van der Waals surface area contributed by atoms with Crippen LogP contribution in [0.2, 0.25) is 0 Å². The monoisotopic (exact) mass is 438 g/mol. The van der Waals surface area contributed by atoms with Gasteiger partial charge in [0.15, 0.2) is 0 Å². The van der Waals surface area contributed by atoms with Gasteiger partial charge in [-0.25, -0.2) is 9.18 Å². The van der Waals surface area contributed by atoms with E-state index in [0.717, 1.165) is 5.56 Å². The summed E-state index contributed by atoms with van der Waals surface area (Å²) >= 11 is 0. The lowest BCUT2D eigenvalue weighted by molar-refractivity contribution is -0.130. The largest absolute Gasteiger partial charge is 0.444 e. The molecule has 174 valence electrons. The second kappa shape index (κ2) is 10.9. The average Bonchev–Trinajstić information content (AvgIpc) is 3.11. The quantitative estimate of drug-likeness (QED) is 0.675. The maximum atomic E-state index is 13.3. The number of ether oxygens (including phenoxy) is 3. The Morgan fingerprint density at radius 2 is 2.00 bits per heavy atom. The summed E-state index contributed by atoms with van der Waals surface area (Å²) in [5.41, 5.74) is 0.181. The van der Waals surface area contributed by atoms with Crippen molar-refractivity contribution in [2.24, 2.45) is 5.92 Å². The Morgan fingerprint density at radius 1 is 1.29 bits per heavy atom. The summed E-state index contributed by atoms with van der Waals surface area (Å²) in [6.45, 7) is 7.97. The number of carbonyl (C=O) groups excluding carboxylic acids is 2. The molecule has 0 saturated carbocycles. The van der Waals surface area contributed by atoms with Gasteiger partial charge in [-0.15, -0.1) is 0 Å². The highest BCUT2D eigenvalue weighted by atomic mass is 19.1. The standard InChI is InChI=1S/C23H35FN2O5/c1-15(21(27)25-11-10-16-8-7-9-17(24)12-16)20(30-6)19-13-18(29-5)14-26(19)22(28)31-23(2,3)4/h7-9,12,15,18-20H,10-11,13-14H2,1-6H3,(H,25,27)/t15-,18-,19-,20-/m1/s1. The van der Waals surface area contributed by atoms with Crippen molar-refractivity contribution in [3.63, 3.8) is 0 Å². The summed E-state index contributed by atoms with van der Waals surface area (Å²) in [6, 6.07) is 5.95. The van der Waals surface area contributed by atoms with Crippen LogP contribution in [0.25, 0.3) is 0 Å². The van der Waals surface area contributed by atoms with Crippen LogP contribution in [0, 0.1) is 11.7 Å². The van der Waals surface area contributed by atoms with Gasteiger partial charge in [0, 0.05) is 20.8 Å². The van der Waals surface area contributed by atoms with Gasteiger partial charge in [0.25, 0.3) is 0 Å². The number of benzene rings is 1. The van der Waals surface area contributed by atoms with Gasteiger partial charge in [0.2, 0.25) is 5.91 Å². The molecular weight excluding hydrogens is 403 g/mol. The van der Waals surface area contributed by atoms with E-state index in [1.807, 2.05) is 26.8 Å². The highest BCUT2D eigenvalue weighted by molar-refractivity contribution is 5.79. The third-order valence-electron chi connectivity index (χ3n) is 5.43. The number of methoxy groups -OCH3 is 2. The van der Waals surface area contributed by atoms with Gasteiger partial charge in [-0.2, -0.15) is 0 Å². The molecule has 1 aliphatic heterocycles. The van der Waals surface area contributed by atoms with Crippen LogP contribution in [0.4, 0.5) is 9.18 Å². The Balaban J connectivity index is 2.02. The minimum absolute atomic E-state index is 0.154. The fourth-order valence-corrected chi connectivity index (χ4v) is 3.87. The molecule has 0 aromatic heterocycles. The summed E-state index contributed by atoms with van der Waals surface area (Å²) < 4.78 is 30.0. The molecule has 31 heavy (non-hydrogen) atoms. The molecule has 1 saturated heterocycles. The number of hydrogen-bond acceptors (Lipinski definition) is 5. The van der Waals surface area contributed by atoms with E-state index in [-0.39, 0.29) is 23.9 Å². The Hall–Kier alpha value is -2.19. The molecule has 7 nitrogen and oxygen atoms in total. The molecule has 8 heteroatoms. The highest BCUT2D eigenvalue weighted by Crippen LogP contribution is 2.29. The highest BCUT2D eigenvalue weighted by Gasteiger charge is 2.45. The van der Waals surface area contributed by atoms with Crippen molar-refractivity contribution in [2.75, 3.05) is 27.3 Å². The Labute approximate surface area is 184 Å². The van der Waals surface area contributed by atoms with Crippen LogP contribution in [0.15, 0.2) is 24.3 Å². The number of nitrogens with zero attached hydrogens (tertiary/aromatic N) is 1. The molecule has 0 aliphatic carbocycles. The Morgan fingerprint density at radius 3 is 2.58 bits per heavy atom. The molecule has 0 unspecified atom stereocenters. The first-order chi connectivity index (χ1) is 14.6. The van der Waals surface area contributed by atoms with E-state index >= 15 is 0 Å². The lowest BCUT2D eigenvalue weighted by Gasteiger charge is -2.34. The maximum absolute atomic E-state index is 13.3. The van der Waals surface area contributed by atoms with Crippen LogP contribution in [-0.4, -0.2) is 68.1 Å². The number of rotatable bonds is 8. The van der Waals surface area contributed by atoms with Crippen LogP contribution in [0.5, 0.6) is 0 Å². The number of amides is 2. The van der Waals surface area contributed by atoms with Crippen molar-refractivity contribution in [1.82, 2.24) is 10.2 Å². The molecular formula is C23H35FN2O5. The van der Waals surface area contributed by atoms with E-state index in [4.69, 9.17) is 14.2 Å². The first-order valence-electron chi connectivity index (χ1n) is 10.6. The number of likely N-dealkylation sites (tertiary alicyclic amines) is 1. The predicted octanol–water partition coefficient (Wildman–Crippen LogP) is 3.16. The van der Waals surface area contributed by atoms with Crippen molar-refractivity contribution in [3.8, 4) is 0 Å². The van der Waals surface area contributed by atoms with Gasteiger partial charge in [-0.05, 0) is 51.3 Å². The van der Waals surface area contributed by atoms with E-state index in [9.17, 15) is 14.0 Å². The predicted molar refractivity (Wildman–Crippen MR) is 115 cm³/mol. The zero-order chi connectivity index (χ0) is 23.2. The van der Waals surface area contributed by atoms with E-state index in [1.165, 1.54) is 19.2 Å². The molecule has 0 spiro atoms. The Kier molecular flexibility index (Phi) is 8.82. The molecule has 0 bridgehead atoms. The minimum atomic E-state index is -0.630. The SMILES string of the molecule is CO[C@@H]1C[C@H]([C@H](OC)[C@@H](C)C(=O)NCCc2cccc(F)c2)N(C(=O)OC(C)(C)C)C1. The summed E-state index contributed by atoms with van der Waals surface area (Å²) in [6.07, 6.45) is -0.0551. The lowest BCUT2D eigenvalue weighted by Crippen LogP contribution is -2.50. The Bertz CT molecular complexity index is 752. The fourth-order valence-electron chi connectivity index (χ4n) is 3.87. The molecule has 1 aromatic carbocycles. The fraction of sp³-hybridized carbons (Fsp3) is 0.652. The van der Waals surface area contributed by atoms with Gasteiger partial charge >= 0.3 is 6.09 Å². The summed E-state index contributed by atoms with van der Waals surface area (Å²) in [4.78, 5) is 27.1. The molecule has 4 atom stereocenters. The smallest absolute Gasteiger partial charge is 0.410 e. The van der Waals surface area contributed by atoms with Crippen molar-refractivity contribution in [1.29, 1.82) is 0 Å². The van der Waals surface area contributed by atoms with Crippen LogP contribution in [0.3, 0.4) is 0 Å². The van der Waals surface area contributed by atoms with E-state index < -0.39 is 23.7 Å². The maximum Gasteiger partial charge on any atom is 0.410 e. The first-order valence-corrected chi connectivity index (χ1v) is 10.6. The van der Waals surface area contributed by atoms with Gasteiger partial charge in [-0.3, -0.25) is 9.69 Å². The topological polar surface area (TPSA) is 77.1 Å². The minimum Gasteiger partial charge on any atom is -0.444 e. The molecule has 2 rings (SSSR count). The zero-order valence-electron chi connectivity index (χ0n) is 19.3. The van der Waals surface area contributed by atoms with Crippen LogP contribution in [0.1, 0.15) is 39.7 Å². The molecule has 0 radical (unpaired) electrons. The summed E-state index contributed by atoms with van der Waals surface area (Å²) in [5, 5.41) is 2.89. The zero-order valence-corrected chi connectivity index (χ0v) is 19.3. The summed E-state index contributed by atoms with van der Waals surface area (Å²) in [5.74, 6) is -0.996. The van der Waals surface area contributed by atoms with E-state index in [0.29, 0.717) is 25.9 Å². The van der Waals surface area contributed by atoms with Crippen LogP contribution in [-0.2, 0) is 25.4 Å². The van der Waals surface area contributed by atoms with Crippen molar-refractivity contribution < 1.29 is 28.2 Å². The van der Waals surface area contributed by atoms with E-state index in [1.54, 1.807) is 25.0 Å². The van der Waals surface area contributed by atoms with Crippen molar-refractivity contribution >= 4 is 12.0 Å². The molecule has 1 heterocycles. The molecule has 1 fully saturated rings. The van der Waals surface area contributed by atoms with Gasteiger partial charge in [0.05, 0.1) is 30.7 Å². The third kappa shape index (κ3) is 7.18. The van der Waals surface area contributed by atoms with Gasteiger partial charge in [-0.1, -0.05) is 19.1 Å². The first kappa shape index (κ1) is 25.1. The van der Waals surface area contributed by atoms with Gasteiger partial charge in [0.1, 0.15) is 11.4 Å². The average molecular weight is 439 g/mol. The van der Waals surface area contributed by atoms with Crippen molar-refractivity contribution in [3.05, 3.63) is 35.6 Å². The second-order valence-corrected chi connectivity index (χ2v) is 8.95. The number of hydrogen-bond donors (Lipinski definition) is 1.